The van der Waals surface area contributed by atoms with Gasteiger partial charge in [0.1, 0.15) is 10.6 Å². The van der Waals surface area contributed by atoms with Crippen LogP contribution in [0.5, 0.6) is 0 Å². The van der Waals surface area contributed by atoms with Crippen LogP contribution in [0.4, 0.5) is 0 Å². The van der Waals surface area contributed by atoms with E-state index < -0.39 is 0 Å². The third-order valence-corrected chi connectivity index (χ3v) is 1.34. The molecule has 0 radical (unpaired) electrons. The molecular formula is C4H9N3S2. The predicted molar refractivity (Wildman–Crippen MR) is 44.5 cm³/mol. The zero-order valence-corrected chi connectivity index (χ0v) is 6.56. The van der Waals surface area contributed by atoms with E-state index in [0.29, 0.717) is 4.32 Å². The normalized spacial score (nSPS) is 20.1. The topological polar surface area (TPSA) is 36.1 Å². The number of rotatable bonds is 1. The molecule has 52 valence electrons. The monoisotopic (exact) mass is 163 g/mol. The van der Waals surface area contributed by atoms with Gasteiger partial charge in [-0.2, -0.15) is 0 Å². The van der Waals surface area contributed by atoms with E-state index in [0.717, 1.165) is 13.1 Å². The van der Waals surface area contributed by atoms with Crippen LogP contribution in [0, 0.1) is 0 Å². The van der Waals surface area contributed by atoms with Crippen LogP contribution in [-0.4, -0.2) is 23.7 Å². The molecule has 9 heavy (non-hydrogen) atoms. The first-order chi connectivity index (χ1) is 4.29. The average molecular weight is 163 g/mol. The minimum Gasteiger partial charge on any atom is -0.343 e. The maximum absolute atomic E-state index is 4.71. The molecule has 1 saturated heterocycles. The van der Waals surface area contributed by atoms with Crippen molar-refractivity contribution in [3.8, 4) is 0 Å². The Balaban J connectivity index is 2.19. The molecule has 0 aromatic carbocycles. The lowest BCUT2D eigenvalue weighted by Crippen LogP contribution is -2.46. The van der Waals surface area contributed by atoms with Crippen LogP contribution in [-0.2, 0) is 0 Å². The number of nitrogens with one attached hydrogen (secondary N) is 3. The molecule has 0 aromatic heterocycles. The summed E-state index contributed by atoms with van der Waals surface area (Å²) in [6.45, 7) is 1.96. The summed E-state index contributed by atoms with van der Waals surface area (Å²) >= 11 is 8.62. The van der Waals surface area contributed by atoms with E-state index in [1.54, 1.807) is 0 Å². The lowest BCUT2D eigenvalue weighted by molar-refractivity contribution is 0.528. The van der Waals surface area contributed by atoms with Crippen molar-refractivity contribution in [1.29, 1.82) is 0 Å². The zero-order valence-electron chi connectivity index (χ0n) is 4.85. The first-order valence-corrected chi connectivity index (χ1v) is 3.61. The second-order valence-corrected chi connectivity index (χ2v) is 2.95. The van der Waals surface area contributed by atoms with Crippen molar-refractivity contribution in [2.24, 2.45) is 0 Å². The van der Waals surface area contributed by atoms with Gasteiger partial charge in [0.05, 0.1) is 0 Å². The number of hydrogen-bond donors (Lipinski definition) is 4. The first kappa shape index (κ1) is 7.27. The van der Waals surface area contributed by atoms with Crippen LogP contribution >= 0.6 is 24.8 Å². The van der Waals surface area contributed by atoms with E-state index in [2.05, 4.69) is 28.6 Å². The van der Waals surface area contributed by atoms with Crippen LogP contribution < -0.4 is 16.0 Å². The van der Waals surface area contributed by atoms with Crippen LogP contribution in [0.1, 0.15) is 0 Å². The third-order valence-electron chi connectivity index (χ3n) is 1.09. The van der Waals surface area contributed by atoms with Crippen molar-refractivity contribution in [1.82, 2.24) is 16.0 Å². The molecule has 1 aliphatic heterocycles. The molecule has 1 rings (SSSR count). The quantitative estimate of drug-likeness (QED) is 0.303. The molecule has 0 unspecified atom stereocenters. The molecule has 3 N–H and O–H groups in total. The summed E-state index contributed by atoms with van der Waals surface area (Å²) in [4.78, 5) is 0. The second kappa shape index (κ2) is 3.36. The SMILES string of the molecule is S=C(S)NC1NCCN1. The molecule has 0 saturated carbocycles. The van der Waals surface area contributed by atoms with Crippen LogP contribution in [0.25, 0.3) is 0 Å². The van der Waals surface area contributed by atoms with E-state index in [1.165, 1.54) is 0 Å². The zero-order chi connectivity index (χ0) is 6.69. The summed E-state index contributed by atoms with van der Waals surface area (Å²) in [6.07, 6.45) is 0.120. The van der Waals surface area contributed by atoms with Crippen molar-refractivity contribution in [2.45, 2.75) is 6.29 Å². The van der Waals surface area contributed by atoms with Gasteiger partial charge < -0.3 is 5.32 Å². The Morgan fingerprint density at radius 1 is 1.56 bits per heavy atom. The fraction of sp³-hybridized carbons (Fsp3) is 0.750. The molecule has 0 spiro atoms. The van der Waals surface area contributed by atoms with Gasteiger partial charge in [-0.05, 0) is 0 Å². The third kappa shape index (κ3) is 2.49. The molecular weight excluding hydrogens is 154 g/mol. The second-order valence-electron chi connectivity index (χ2n) is 1.79. The standard InChI is InChI=1S/C4H9N3S2/c8-4(9)7-3-5-1-2-6-3/h3,5-6H,1-2H2,(H2,7,8,9). The maximum Gasteiger partial charge on any atom is 0.133 e. The van der Waals surface area contributed by atoms with Crippen molar-refractivity contribution in [2.75, 3.05) is 13.1 Å². The number of thiol groups is 1. The highest BCUT2D eigenvalue weighted by Gasteiger charge is 2.10. The lowest BCUT2D eigenvalue weighted by atomic mass is 10.7. The minimum absolute atomic E-state index is 0.120. The summed E-state index contributed by atoms with van der Waals surface area (Å²) in [5, 5.41) is 9.17. The van der Waals surface area contributed by atoms with Gasteiger partial charge >= 0.3 is 0 Å². The highest BCUT2D eigenvalue weighted by molar-refractivity contribution is 8.11. The predicted octanol–water partition coefficient (Wildman–Crippen LogP) is -0.733. The molecule has 1 aliphatic rings. The van der Waals surface area contributed by atoms with Crippen molar-refractivity contribution in [3.05, 3.63) is 0 Å². The van der Waals surface area contributed by atoms with Gasteiger partial charge in [0.25, 0.3) is 0 Å². The van der Waals surface area contributed by atoms with E-state index >= 15 is 0 Å². The molecule has 0 bridgehead atoms. The van der Waals surface area contributed by atoms with E-state index in [4.69, 9.17) is 12.2 Å². The molecule has 0 amide bonds. The van der Waals surface area contributed by atoms with E-state index in [-0.39, 0.29) is 6.29 Å². The summed E-state index contributed by atoms with van der Waals surface area (Å²) in [7, 11) is 0. The van der Waals surface area contributed by atoms with Crippen LogP contribution in [0.2, 0.25) is 0 Å². The average Bonchev–Trinajstić information content (AvgIpc) is 2.15. The fourth-order valence-corrected chi connectivity index (χ4v) is 0.978. The summed E-state index contributed by atoms with van der Waals surface area (Å²) in [5.74, 6) is 0. The van der Waals surface area contributed by atoms with Crippen LogP contribution in [0.15, 0.2) is 0 Å². The van der Waals surface area contributed by atoms with Crippen LogP contribution in [0.3, 0.4) is 0 Å². The van der Waals surface area contributed by atoms with Gasteiger partial charge in [-0.15, -0.1) is 12.6 Å². The van der Waals surface area contributed by atoms with Gasteiger partial charge in [0.15, 0.2) is 0 Å². The van der Waals surface area contributed by atoms with Gasteiger partial charge in [-0.25, -0.2) is 0 Å². The number of thiocarbonyl (C=S) groups is 1. The smallest absolute Gasteiger partial charge is 0.133 e. The number of hydrogen-bond acceptors (Lipinski definition) is 3. The van der Waals surface area contributed by atoms with Gasteiger partial charge in [-0.1, -0.05) is 12.2 Å². The van der Waals surface area contributed by atoms with Crippen molar-refractivity contribution < 1.29 is 0 Å². The summed E-state index contributed by atoms with van der Waals surface area (Å²) in [6, 6.07) is 0. The fourth-order valence-electron chi connectivity index (χ4n) is 0.731. The van der Waals surface area contributed by atoms with Gasteiger partial charge in [0.2, 0.25) is 0 Å². The molecule has 5 heteroatoms. The molecule has 3 nitrogen and oxygen atoms in total. The Bertz CT molecular complexity index is 110. The minimum atomic E-state index is 0.120. The Morgan fingerprint density at radius 2 is 2.11 bits per heavy atom. The van der Waals surface area contributed by atoms with E-state index in [9.17, 15) is 0 Å². The molecule has 1 heterocycles. The molecule has 0 atom stereocenters. The van der Waals surface area contributed by atoms with Gasteiger partial charge in [0, 0.05) is 13.1 Å². The Kier molecular flexibility index (Phi) is 2.71. The van der Waals surface area contributed by atoms with Crippen molar-refractivity contribution >= 4 is 29.2 Å². The Labute approximate surface area is 65.0 Å². The first-order valence-electron chi connectivity index (χ1n) is 2.75. The Hall–Kier alpha value is 0.160. The molecule has 0 aliphatic carbocycles. The summed E-state index contributed by atoms with van der Waals surface area (Å²) < 4.78 is 0.516. The summed E-state index contributed by atoms with van der Waals surface area (Å²) in [5.41, 5.74) is 0. The Morgan fingerprint density at radius 3 is 2.56 bits per heavy atom. The lowest BCUT2D eigenvalue weighted by Gasteiger charge is -2.11. The maximum atomic E-state index is 4.71. The van der Waals surface area contributed by atoms with Gasteiger partial charge in [-0.3, -0.25) is 10.6 Å². The molecule has 0 aromatic rings. The largest absolute Gasteiger partial charge is 0.343 e. The molecule has 1 fully saturated rings. The van der Waals surface area contributed by atoms with Crippen molar-refractivity contribution in [3.63, 3.8) is 0 Å². The highest BCUT2D eigenvalue weighted by atomic mass is 32.1. The highest BCUT2D eigenvalue weighted by Crippen LogP contribution is 1.83. The van der Waals surface area contributed by atoms with E-state index in [1.807, 2.05) is 0 Å².